The summed E-state index contributed by atoms with van der Waals surface area (Å²) in [6.45, 7) is 10.0. The van der Waals surface area contributed by atoms with Crippen LogP contribution in [0, 0.1) is 0 Å². The van der Waals surface area contributed by atoms with Gasteiger partial charge in [0.1, 0.15) is 0 Å². The highest BCUT2D eigenvalue weighted by molar-refractivity contribution is 5.75. The molecule has 0 spiro atoms. The molecule has 0 aliphatic heterocycles. The second-order valence-corrected chi connectivity index (χ2v) is 1.70. The van der Waals surface area contributed by atoms with Crippen molar-refractivity contribution in [2.75, 3.05) is 6.54 Å². The molecule has 0 unspecified atom stereocenters. The van der Waals surface area contributed by atoms with E-state index < -0.39 is 0 Å². The molecule has 0 aliphatic rings. The van der Waals surface area contributed by atoms with Gasteiger partial charge in [0, 0.05) is 0 Å². The lowest BCUT2D eigenvalue weighted by Crippen LogP contribution is -2.23. The van der Waals surface area contributed by atoms with Gasteiger partial charge in [-0.2, -0.15) is 0 Å². The van der Waals surface area contributed by atoms with Gasteiger partial charge in [-0.1, -0.05) is 26.0 Å². The molecule has 3 heteroatoms. The number of aliphatic imine (C=N–C) groups is 1. The van der Waals surface area contributed by atoms with Crippen molar-refractivity contribution in [3.8, 4) is 0 Å². The number of rotatable bonds is 2. The van der Waals surface area contributed by atoms with Crippen LogP contribution in [0.25, 0.3) is 0 Å². The fraction of sp³-hybridized carbons (Fsp3) is 0.571. The van der Waals surface area contributed by atoms with E-state index in [-0.39, 0.29) is 5.96 Å². The van der Waals surface area contributed by atoms with E-state index >= 15 is 0 Å². The maximum Gasteiger partial charge on any atom is 0.186 e. The second kappa shape index (κ2) is 8.01. The van der Waals surface area contributed by atoms with Crippen LogP contribution >= 0.6 is 0 Å². The molecular weight excluding hydrogens is 126 g/mol. The molecule has 0 fully saturated rings. The van der Waals surface area contributed by atoms with Crippen molar-refractivity contribution in [1.82, 2.24) is 0 Å². The molecule has 0 saturated carbocycles. The third-order valence-corrected chi connectivity index (χ3v) is 0.532. The first-order valence-electron chi connectivity index (χ1n) is 3.32. The van der Waals surface area contributed by atoms with Gasteiger partial charge < -0.3 is 11.5 Å². The molecule has 0 atom stereocenters. The van der Waals surface area contributed by atoms with Crippen molar-refractivity contribution in [2.45, 2.75) is 20.8 Å². The minimum absolute atomic E-state index is 0.119. The molecule has 0 rings (SSSR count). The molecule has 0 bridgehead atoms. The summed E-state index contributed by atoms with van der Waals surface area (Å²) >= 11 is 0. The van der Waals surface area contributed by atoms with Gasteiger partial charge in [0.25, 0.3) is 0 Å². The molecular formula is C7H17N3. The van der Waals surface area contributed by atoms with Gasteiger partial charge in [0.2, 0.25) is 0 Å². The predicted molar refractivity (Wildman–Crippen MR) is 46.8 cm³/mol. The highest BCUT2D eigenvalue weighted by atomic mass is 15.0. The number of hydrogen-bond acceptors (Lipinski definition) is 1. The zero-order chi connectivity index (χ0) is 8.57. The number of nitrogens with zero attached hydrogens (tertiary/aromatic N) is 1. The zero-order valence-corrected chi connectivity index (χ0v) is 7.02. The molecule has 4 N–H and O–H groups in total. The Hall–Kier alpha value is -0.990. The largest absolute Gasteiger partial charge is 0.370 e. The van der Waals surface area contributed by atoms with Gasteiger partial charge in [0.15, 0.2) is 5.96 Å². The maximum absolute atomic E-state index is 5.03. The van der Waals surface area contributed by atoms with Gasteiger partial charge in [-0.3, -0.25) is 0 Å². The minimum atomic E-state index is 0.119. The van der Waals surface area contributed by atoms with E-state index in [2.05, 4.69) is 11.6 Å². The molecule has 0 saturated heterocycles. The molecule has 0 radical (unpaired) electrons. The third-order valence-electron chi connectivity index (χ3n) is 0.532. The monoisotopic (exact) mass is 143 g/mol. The zero-order valence-electron chi connectivity index (χ0n) is 7.02. The topological polar surface area (TPSA) is 64.4 Å². The molecule has 0 aromatic heterocycles. The fourth-order valence-corrected chi connectivity index (χ4v) is 0.226. The Kier molecular flexibility index (Phi) is 9.42. The van der Waals surface area contributed by atoms with Crippen molar-refractivity contribution in [3.05, 3.63) is 12.2 Å². The molecule has 0 aliphatic carbocycles. The standard InChI is InChI=1S/C5H11N3.C2H6/c1-4(2)3-8-5(6)7;1-2/h1,3H2,2H3,(H4,6,7,8);1-2H3. The van der Waals surface area contributed by atoms with Crippen LogP contribution < -0.4 is 11.5 Å². The van der Waals surface area contributed by atoms with Gasteiger partial charge >= 0.3 is 0 Å². The average Bonchev–Trinajstić information content (AvgIpc) is 1.89. The van der Waals surface area contributed by atoms with E-state index in [1.807, 2.05) is 20.8 Å². The fourth-order valence-electron chi connectivity index (χ4n) is 0.226. The summed E-state index contributed by atoms with van der Waals surface area (Å²) in [6, 6.07) is 0. The Morgan fingerprint density at radius 3 is 1.90 bits per heavy atom. The number of hydrogen-bond donors (Lipinski definition) is 2. The van der Waals surface area contributed by atoms with Gasteiger partial charge in [0.05, 0.1) is 6.54 Å². The highest BCUT2D eigenvalue weighted by Crippen LogP contribution is 1.84. The first-order valence-corrected chi connectivity index (χ1v) is 3.32. The van der Waals surface area contributed by atoms with Crippen molar-refractivity contribution in [3.63, 3.8) is 0 Å². The summed E-state index contributed by atoms with van der Waals surface area (Å²) in [6.07, 6.45) is 0. The van der Waals surface area contributed by atoms with E-state index in [0.29, 0.717) is 6.54 Å². The molecule has 0 aromatic rings. The van der Waals surface area contributed by atoms with E-state index in [1.165, 1.54) is 0 Å². The van der Waals surface area contributed by atoms with Gasteiger partial charge in [-0.25, -0.2) is 4.99 Å². The molecule has 60 valence electrons. The summed E-state index contributed by atoms with van der Waals surface area (Å²) in [4.78, 5) is 3.70. The maximum atomic E-state index is 5.03. The van der Waals surface area contributed by atoms with Crippen LogP contribution in [0.1, 0.15) is 20.8 Å². The van der Waals surface area contributed by atoms with E-state index in [0.717, 1.165) is 5.57 Å². The summed E-state index contributed by atoms with van der Waals surface area (Å²) in [5.41, 5.74) is 11.0. The Morgan fingerprint density at radius 1 is 1.40 bits per heavy atom. The molecule has 0 amide bonds. The Bertz CT molecular complexity index is 112. The SMILES string of the molecule is C=C(C)CN=C(N)N.CC. The minimum Gasteiger partial charge on any atom is -0.370 e. The van der Waals surface area contributed by atoms with Gasteiger partial charge in [-0.05, 0) is 6.92 Å². The first-order chi connectivity index (χ1) is 4.63. The lowest BCUT2D eigenvalue weighted by Gasteiger charge is -1.90. The third kappa shape index (κ3) is 15.7. The van der Waals surface area contributed by atoms with E-state index in [1.54, 1.807) is 0 Å². The summed E-state index contributed by atoms with van der Waals surface area (Å²) in [7, 11) is 0. The Morgan fingerprint density at radius 2 is 1.80 bits per heavy atom. The highest BCUT2D eigenvalue weighted by Gasteiger charge is 1.80. The van der Waals surface area contributed by atoms with Crippen LogP contribution in [0.3, 0.4) is 0 Å². The van der Waals surface area contributed by atoms with Crippen molar-refractivity contribution in [2.24, 2.45) is 16.5 Å². The number of guanidine groups is 1. The van der Waals surface area contributed by atoms with Crippen LogP contribution in [0.15, 0.2) is 17.1 Å². The van der Waals surface area contributed by atoms with Crippen molar-refractivity contribution < 1.29 is 0 Å². The van der Waals surface area contributed by atoms with Crippen LogP contribution in [0.5, 0.6) is 0 Å². The molecule has 10 heavy (non-hydrogen) atoms. The van der Waals surface area contributed by atoms with Crippen LogP contribution in [-0.4, -0.2) is 12.5 Å². The van der Waals surface area contributed by atoms with Crippen LogP contribution in [0.2, 0.25) is 0 Å². The van der Waals surface area contributed by atoms with Gasteiger partial charge in [-0.15, -0.1) is 0 Å². The van der Waals surface area contributed by atoms with E-state index in [9.17, 15) is 0 Å². The second-order valence-electron chi connectivity index (χ2n) is 1.70. The summed E-state index contributed by atoms with van der Waals surface area (Å²) < 4.78 is 0. The Balaban J connectivity index is 0. The smallest absolute Gasteiger partial charge is 0.186 e. The van der Waals surface area contributed by atoms with Crippen molar-refractivity contribution in [1.29, 1.82) is 0 Å². The molecule has 3 nitrogen and oxygen atoms in total. The van der Waals surface area contributed by atoms with Crippen molar-refractivity contribution >= 4 is 5.96 Å². The average molecular weight is 143 g/mol. The predicted octanol–water partition coefficient (Wildman–Crippen LogP) is 0.862. The normalized spacial score (nSPS) is 7.10. The number of nitrogens with two attached hydrogens (primary N) is 2. The first kappa shape index (κ1) is 11.8. The Labute approximate surface area is 62.8 Å². The summed E-state index contributed by atoms with van der Waals surface area (Å²) in [5.74, 6) is 0.119. The molecule has 0 heterocycles. The lowest BCUT2D eigenvalue weighted by molar-refractivity contribution is 1.13. The lowest BCUT2D eigenvalue weighted by atomic mass is 10.4. The molecule has 0 aromatic carbocycles. The van der Waals surface area contributed by atoms with E-state index in [4.69, 9.17) is 11.5 Å². The summed E-state index contributed by atoms with van der Waals surface area (Å²) in [5, 5.41) is 0. The quantitative estimate of drug-likeness (QED) is 0.342. The van der Waals surface area contributed by atoms with Crippen LogP contribution in [0.4, 0.5) is 0 Å². The van der Waals surface area contributed by atoms with Crippen LogP contribution in [-0.2, 0) is 0 Å².